The predicted octanol–water partition coefficient (Wildman–Crippen LogP) is 2.17. The van der Waals surface area contributed by atoms with Gasteiger partial charge in [-0.3, -0.25) is 4.79 Å². The zero-order chi connectivity index (χ0) is 13.8. The molecule has 0 radical (unpaired) electrons. The third kappa shape index (κ3) is 3.19. The van der Waals surface area contributed by atoms with Crippen LogP contribution in [0.1, 0.15) is 45.4 Å². The molecule has 0 aromatic rings. The Kier molecular flexibility index (Phi) is 4.66. The van der Waals surface area contributed by atoms with Gasteiger partial charge in [0.2, 0.25) is 0 Å². The summed E-state index contributed by atoms with van der Waals surface area (Å²) in [4.78, 5) is 27.3. The zero-order valence-corrected chi connectivity index (χ0v) is 11.7. The average molecular weight is 268 g/mol. The summed E-state index contributed by atoms with van der Waals surface area (Å²) in [5, 5.41) is 9.09. The Labute approximate surface area is 114 Å². The number of piperidine rings is 2. The van der Waals surface area contributed by atoms with Crippen LogP contribution in [0.2, 0.25) is 0 Å². The summed E-state index contributed by atoms with van der Waals surface area (Å²) in [5.41, 5.74) is 0. The molecule has 2 saturated heterocycles. The second-order valence-electron chi connectivity index (χ2n) is 5.66. The van der Waals surface area contributed by atoms with E-state index >= 15 is 0 Å². The predicted molar refractivity (Wildman–Crippen MR) is 72.0 cm³/mol. The van der Waals surface area contributed by atoms with E-state index in [9.17, 15) is 9.59 Å². The summed E-state index contributed by atoms with van der Waals surface area (Å²) in [6.45, 7) is 4.02. The van der Waals surface area contributed by atoms with Crippen molar-refractivity contribution in [2.45, 2.75) is 51.5 Å². The fourth-order valence-electron chi connectivity index (χ4n) is 3.21. The van der Waals surface area contributed by atoms with E-state index in [4.69, 9.17) is 5.11 Å². The maximum Gasteiger partial charge on any atom is 0.320 e. The van der Waals surface area contributed by atoms with Gasteiger partial charge in [0, 0.05) is 25.7 Å². The molecule has 2 atom stereocenters. The highest BCUT2D eigenvalue weighted by atomic mass is 16.4. The number of carboxylic acid groups (broad SMARTS) is 1. The largest absolute Gasteiger partial charge is 0.481 e. The van der Waals surface area contributed by atoms with Gasteiger partial charge in [-0.05, 0) is 38.5 Å². The Morgan fingerprint density at radius 1 is 1.16 bits per heavy atom. The quantitative estimate of drug-likeness (QED) is 0.835. The van der Waals surface area contributed by atoms with Crippen molar-refractivity contribution in [3.05, 3.63) is 0 Å². The van der Waals surface area contributed by atoms with E-state index in [1.807, 2.05) is 4.90 Å². The molecule has 0 saturated carbocycles. The molecule has 108 valence electrons. The Morgan fingerprint density at radius 3 is 2.63 bits per heavy atom. The van der Waals surface area contributed by atoms with Gasteiger partial charge in [0.25, 0.3) is 0 Å². The molecular formula is C14H24N2O3. The van der Waals surface area contributed by atoms with Gasteiger partial charge in [-0.1, -0.05) is 6.92 Å². The van der Waals surface area contributed by atoms with Gasteiger partial charge in [-0.15, -0.1) is 0 Å². The Balaban J connectivity index is 1.99. The SMILES string of the molecule is CCC1CCCCN1C(=O)N1CCCC(C(=O)O)C1. The molecule has 19 heavy (non-hydrogen) atoms. The van der Waals surface area contributed by atoms with Crippen molar-refractivity contribution in [3.63, 3.8) is 0 Å². The van der Waals surface area contributed by atoms with E-state index in [0.717, 1.165) is 32.2 Å². The molecule has 2 aliphatic heterocycles. The van der Waals surface area contributed by atoms with Crippen molar-refractivity contribution in [1.29, 1.82) is 0 Å². The fourth-order valence-corrected chi connectivity index (χ4v) is 3.21. The minimum Gasteiger partial charge on any atom is -0.481 e. The van der Waals surface area contributed by atoms with Crippen molar-refractivity contribution in [3.8, 4) is 0 Å². The molecule has 0 aromatic heterocycles. The summed E-state index contributed by atoms with van der Waals surface area (Å²) < 4.78 is 0. The highest BCUT2D eigenvalue weighted by molar-refractivity contribution is 5.77. The van der Waals surface area contributed by atoms with Crippen LogP contribution in [0.25, 0.3) is 0 Å². The lowest BCUT2D eigenvalue weighted by Gasteiger charge is -2.40. The Hall–Kier alpha value is -1.26. The van der Waals surface area contributed by atoms with E-state index < -0.39 is 5.97 Å². The van der Waals surface area contributed by atoms with Crippen LogP contribution in [0.5, 0.6) is 0 Å². The monoisotopic (exact) mass is 268 g/mol. The van der Waals surface area contributed by atoms with Gasteiger partial charge >= 0.3 is 12.0 Å². The number of nitrogens with zero attached hydrogens (tertiary/aromatic N) is 2. The highest BCUT2D eigenvalue weighted by Crippen LogP contribution is 2.24. The summed E-state index contributed by atoms with van der Waals surface area (Å²) >= 11 is 0. The van der Waals surface area contributed by atoms with Crippen LogP contribution in [0.15, 0.2) is 0 Å². The van der Waals surface area contributed by atoms with Crippen LogP contribution in [0.4, 0.5) is 4.79 Å². The van der Waals surface area contributed by atoms with Crippen LogP contribution in [0, 0.1) is 5.92 Å². The van der Waals surface area contributed by atoms with E-state index in [-0.39, 0.29) is 11.9 Å². The van der Waals surface area contributed by atoms with Crippen molar-refractivity contribution in [2.75, 3.05) is 19.6 Å². The molecule has 2 heterocycles. The van der Waals surface area contributed by atoms with Crippen molar-refractivity contribution >= 4 is 12.0 Å². The molecule has 0 spiro atoms. The first-order chi connectivity index (χ1) is 9.13. The number of likely N-dealkylation sites (tertiary alicyclic amines) is 2. The topological polar surface area (TPSA) is 60.9 Å². The first-order valence-electron chi connectivity index (χ1n) is 7.41. The molecule has 2 amide bonds. The van der Waals surface area contributed by atoms with Crippen molar-refractivity contribution < 1.29 is 14.7 Å². The number of urea groups is 1. The normalized spacial score (nSPS) is 28.3. The summed E-state index contributed by atoms with van der Waals surface area (Å²) in [5.74, 6) is -1.16. The molecular weight excluding hydrogens is 244 g/mol. The summed E-state index contributed by atoms with van der Waals surface area (Å²) in [6, 6.07) is 0.393. The van der Waals surface area contributed by atoms with E-state index in [1.54, 1.807) is 4.90 Å². The number of rotatable bonds is 2. The van der Waals surface area contributed by atoms with E-state index in [1.165, 1.54) is 6.42 Å². The van der Waals surface area contributed by atoms with E-state index in [2.05, 4.69) is 6.92 Å². The van der Waals surface area contributed by atoms with Crippen LogP contribution in [0.3, 0.4) is 0 Å². The standard InChI is InChI=1S/C14H24N2O3/c1-2-12-7-3-4-9-16(12)14(19)15-8-5-6-11(10-15)13(17)18/h11-12H,2-10H2,1H3,(H,17,18). The molecule has 0 aliphatic carbocycles. The molecule has 5 nitrogen and oxygen atoms in total. The number of aliphatic carboxylic acids is 1. The van der Waals surface area contributed by atoms with Gasteiger partial charge in [0.1, 0.15) is 0 Å². The van der Waals surface area contributed by atoms with Gasteiger partial charge < -0.3 is 14.9 Å². The highest BCUT2D eigenvalue weighted by Gasteiger charge is 2.33. The zero-order valence-electron chi connectivity index (χ0n) is 11.7. The summed E-state index contributed by atoms with van der Waals surface area (Å²) in [7, 11) is 0. The van der Waals surface area contributed by atoms with Crippen molar-refractivity contribution in [2.24, 2.45) is 5.92 Å². The first-order valence-corrected chi connectivity index (χ1v) is 7.41. The average Bonchev–Trinajstić information content (AvgIpc) is 2.46. The van der Waals surface area contributed by atoms with Crippen LogP contribution >= 0.6 is 0 Å². The fraction of sp³-hybridized carbons (Fsp3) is 0.857. The lowest BCUT2D eigenvalue weighted by Crippen LogP contribution is -2.53. The summed E-state index contributed by atoms with van der Waals surface area (Å²) in [6.07, 6.45) is 5.82. The van der Waals surface area contributed by atoms with Crippen LogP contribution in [-0.4, -0.2) is 52.6 Å². The number of carboxylic acids is 1. The van der Waals surface area contributed by atoms with Crippen molar-refractivity contribution in [1.82, 2.24) is 9.80 Å². The molecule has 5 heteroatoms. The second kappa shape index (κ2) is 6.26. The molecule has 2 unspecified atom stereocenters. The van der Waals surface area contributed by atoms with Crippen LogP contribution in [-0.2, 0) is 4.79 Å². The third-order valence-electron chi connectivity index (χ3n) is 4.39. The lowest BCUT2D eigenvalue weighted by molar-refractivity contribution is -0.143. The smallest absolute Gasteiger partial charge is 0.320 e. The number of carbonyl (C=O) groups is 2. The molecule has 0 bridgehead atoms. The van der Waals surface area contributed by atoms with Crippen LogP contribution < -0.4 is 0 Å². The van der Waals surface area contributed by atoms with E-state index in [0.29, 0.717) is 25.6 Å². The second-order valence-corrected chi connectivity index (χ2v) is 5.66. The molecule has 2 rings (SSSR count). The van der Waals surface area contributed by atoms with Gasteiger partial charge in [0.05, 0.1) is 5.92 Å². The number of carbonyl (C=O) groups excluding carboxylic acids is 1. The number of hydrogen-bond acceptors (Lipinski definition) is 2. The Morgan fingerprint density at radius 2 is 1.95 bits per heavy atom. The molecule has 2 fully saturated rings. The lowest BCUT2D eigenvalue weighted by atomic mass is 9.97. The third-order valence-corrected chi connectivity index (χ3v) is 4.39. The number of amides is 2. The Bertz CT molecular complexity index is 346. The number of hydrogen-bond donors (Lipinski definition) is 1. The van der Waals surface area contributed by atoms with Gasteiger partial charge in [-0.2, -0.15) is 0 Å². The van der Waals surface area contributed by atoms with Gasteiger partial charge in [-0.25, -0.2) is 4.79 Å². The minimum absolute atomic E-state index is 0.0532. The minimum atomic E-state index is -0.775. The first kappa shape index (κ1) is 14.2. The molecule has 1 N–H and O–H groups in total. The molecule has 0 aromatic carbocycles. The van der Waals surface area contributed by atoms with Gasteiger partial charge in [0.15, 0.2) is 0 Å². The maximum absolute atomic E-state index is 12.5. The molecule has 2 aliphatic rings. The maximum atomic E-state index is 12.5.